The van der Waals surface area contributed by atoms with E-state index >= 15 is 0 Å². The minimum Gasteiger partial charge on any atom is -0.469 e. The van der Waals surface area contributed by atoms with Crippen molar-refractivity contribution in [3.8, 4) is 0 Å². The summed E-state index contributed by atoms with van der Waals surface area (Å²) in [6, 6.07) is 6.42. The molecular weight excluding hydrogens is 299 g/mol. The number of hydrogen-bond donors (Lipinski definition) is 2. The second-order valence-electron chi connectivity index (χ2n) is 4.15. The third kappa shape index (κ3) is 2.98. The largest absolute Gasteiger partial charge is 0.469 e. The molecule has 0 amide bonds. The van der Waals surface area contributed by atoms with Crippen molar-refractivity contribution in [2.45, 2.75) is 19.4 Å². The number of hydrazine groups is 1. The maximum Gasteiger partial charge on any atom is 0.123 e. The lowest BCUT2D eigenvalue weighted by Crippen LogP contribution is -2.29. The number of rotatable bonds is 4. The molecule has 96 valence electrons. The van der Waals surface area contributed by atoms with Crippen LogP contribution in [-0.4, -0.2) is 0 Å². The summed E-state index contributed by atoms with van der Waals surface area (Å²) < 4.78 is 19.3. The van der Waals surface area contributed by atoms with Gasteiger partial charge < -0.3 is 4.42 Å². The quantitative estimate of drug-likeness (QED) is 0.673. The monoisotopic (exact) mass is 312 g/mol. The molecule has 0 aliphatic rings. The molecule has 1 aromatic heterocycles. The number of nitrogens with two attached hydrogens (primary N) is 1. The van der Waals surface area contributed by atoms with Crippen LogP contribution in [0.2, 0.25) is 0 Å². The molecule has 0 radical (unpaired) electrons. The van der Waals surface area contributed by atoms with Gasteiger partial charge in [-0.15, -0.1) is 0 Å². The van der Waals surface area contributed by atoms with Crippen molar-refractivity contribution in [1.82, 2.24) is 5.43 Å². The summed E-state index contributed by atoms with van der Waals surface area (Å²) in [6.45, 7) is 1.87. The molecule has 2 aromatic rings. The van der Waals surface area contributed by atoms with Gasteiger partial charge in [-0.3, -0.25) is 11.3 Å². The molecule has 2 rings (SSSR count). The molecule has 0 fully saturated rings. The second-order valence-corrected chi connectivity index (χ2v) is 5.00. The molecule has 18 heavy (non-hydrogen) atoms. The standard InChI is InChI=1S/C13H14BrFN2O/c1-8-4-10(7-18-8)13(17-16)6-9-5-11(15)2-3-12(9)14/h2-5,7,13,17H,6,16H2,1H3. The Bertz CT molecular complexity index is 542. The van der Waals surface area contributed by atoms with Gasteiger partial charge in [0, 0.05) is 10.0 Å². The topological polar surface area (TPSA) is 51.2 Å². The minimum absolute atomic E-state index is 0.111. The first kappa shape index (κ1) is 13.3. The summed E-state index contributed by atoms with van der Waals surface area (Å²) in [5, 5.41) is 0. The highest BCUT2D eigenvalue weighted by atomic mass is 79.9. The van der Waals surface area contributed by atoms with Gasteiger partial charge in [-0.2, -0.15) is 0 Å². The van der Waals surface area contributed by atoms with Gasteiger partial charge in [-0.25, -0.2) is 4.39 Å². The van der Waals surface area contributed by atoms with Crippen LogP contribution >= 0.6 is 15.9 Å². The maximum atomic E-state index is 13.2. The maximum absolute atomic E-state index is 13.2. The number of aryl methyl sites for hydroxylation is 1. The molecule has 0 saturated carbocycles. The van der Waals surface area contributed by atoms with Crippen LogP contribution in [0.5, 0.6) is 0 Å². The fourth-order valence-electron chi connectivity index (χ4n) is 1.84. The summed E-state index contributed by atoms with van der Waals surface area (Å²) in [7, 11) is 0. The van der Waals surface area contributed by atoms with Crippen LogP contribution in [0, 0.1) is 12.7 Å². The zero-order valence-corrected chi connectivity index (χ0v) is 11.5. The normalized spacial score (nSPS) is 12.7. The first-order valence-corrected chi connectivity index (χ1v) is 6.34. The molecule has 1 aromatic carbocycles. The lowest BCUT2D eigenvalue weighted by atomic mass is 10.0. The van der Waals surface area contributed by atoms with Crippen molar-refractivity contribution in [3.63, 3.8) is 0 Å². The molecule has 1 atom stereocenters. The highest BCUT2D eigenvalue weighted by Crippen LogP contribution is 2.25. The molecule has 0 aliphatic heterocycles. The second kappa shape index (κ2) is 5.65. The van der Waals surface area contributed by atoms with E-state index in [2.05, 4.69) is 21.4 Å². The predicted molar refractivity (Wildman–Crippen MR) is 71.3 cm³/mol. The number of hydrogen-bond acceptors (Lipinski definition) is 3. The van der Waals surface area contributed by atoms with Crippen LogP contribution < -0.4 is 11.3 Å². The Hall–Kier alpha value is -1.17. The van der Waals surface area contributed by atoms with Gasteiger partial charge in [0.15, 0.2) is 0 Å². The molecule has 0 bridgehead atoms. The fourth-order valence-corrected chi connectivity index (χ4v) is 2.25. The van der Waals surface area contributed by atoms with E-state index in [1.54, 1.807) is 12.3 Å². The minimum atomic E-state index is -0.257. The van der Waals surface area contributed by atoms with Crippen molar-refractivity contribution in [3.05, 3.63) is 57.7 Å². The molecule has 0 spiro atoms. The Morgan fingerprint density at radius 3 is 2.83 bits per heavy atom. The summed E-state index contributed by atoms with van der Waals surface area (Å²) >= 11 is 3.41. The van der Waals surface area contributed by atoms with Crippen LogP contribution in [0.3, 0.4) is 0 Å². The van der Waals surface area contributed by atoms with E-state index < -0.39 is 0 Å². The first-order chi connectivity index (χ1) is 8.60. The predicted octanol–water partition coefficient (Wildman–Crippen LogP) is 3.24. The van der Waals surface area contributed by atoms with Gasteiger partial charge in [-0.1, -0.05) is 15.9 Å². The molecular formula is C13H14BrFN2O. The molecule has 5 heteroatoms. The van der Waals surface area contributed by atoms with Crippen LogP contribution in [0.1, 0.15) is 22.9 Å². The molecule has 0 aliphatic carbocycles. The van der Waals surface area contributed by atoms with E-state index in [0.717, 1.165) is 21.4 Å². The zero-order valence-electron chi connectivity index (χ0n) is 9.91. The van der Waals surface area contributed by atoms with Crippen LogP contribution in [0.25, 0.3) is 0 Å². The van der Waals surface area contributed by atoms with Crippen LogP contribution in [0.15, 0.2) is 39.4 Å². The molecule has 1 unspecified atom stereocenters. The molecule has 3 N–H and O–H groups in total. The number of furan rings is 1. The Labute approximate surface area is 113 Å². The Balaban J connectivity index is 2.22. The van der Waals surface area contributed by atoms with E-state index in [9.17, 15) is 4.39 Å². The summed E-state index contributed by atoms with van der Waals surface area (Å²) in [6.07, 6.45) is 2.24. The number of benzene rings is 1. The highest BCUT2D eigenvalue weighted by Gasteiger charge is 2.15. The average molecular weight is 313 g/mol. The third-order valence-corrected chi connectivity index (χ3v) is 3.56. The van der Waals surface area contributed by atoms with Gasteiger partial charge in [0.25, 0.3) is 0 Å². The number of halogens is 2. The van der Waals surface area contributed by atoms with E-state index in [-0.39, 0.29) is 11.9 Å². The third-order valence-electron chi connectivity index (χ3n) is 2.79. The summed E-state index contributed by atoms with van der Waals surface area (Å²) in [5.74, 6) is 6.11. The van der Waals surface area contributed by atoms with Crippen molar-refractivity contribution in [2.24, 2.45) is 5.84 Å². The molecule has 0 saturated heterocycles. The van der Waals surface area contributed by atoms with Gasteiger partial charge in [0.2, 0.25) is 0 Å². The average Bonchev–Trinajstić information content (AvgIpc) is 2.77. The SMILES string of the molecule is Cc1cc(C(Cc2cc(F)ccc2Br)NN)co1. The first-order valence-electron chi connectivity index (χ1n) is 5.55. The van der Waals surface area contributed by atoms with Gasteiger partial charge in [0.1, 0.15) is 11.6 Å². The Kier molecular flexibility index (Phi) is 4.16. The van der Waals surface area contributed by atoms with E-state index in [1.165, 1.54) is 12.1 Å². The zero-order chi connectivity index (χ0) is 13.1. The van der Waals surface area contributed by atoms with Crippen molar-refractivity contribution in [2.75, 3.05) is 0 Å². The lowest BCUT2D eigenvalue weighted by molar-refractivity contribution is 0.510. The van der Waals surface area contributed by atoms with Crippen molar-refractivity contribution in [1.29, 1.82) is 0 Å². The van der Waals surface area contributed by atoms with Gasteiger partial charge in [-0.05, 0) is 43.2 Å². The van der Waals surface area contributed by atoms with E-state index in [0.29, 0.717) is 6.42 Å². The van der Waals surface area contributed by atoms with E-state index in [1.807, 2.05) is 13.0 Å². The summed E-state index contributed by atoms with van der Waals surface area (Å²) in [4.78, 5) is 0. The Morgan fingerprint density at radius 2 is 2.22 bits per heavy atom. The van der Waals surface area contributed by atoms with E-state index in [4.69, 9.17) is 10.3 Å². The van der Waals surface area contributed by atoms with Crippen molar-refractivity contribution >= 4 is 15.9 Å². The van der Waals surface area contributed by atoms with Gasteiger partial charge >= 0.3 is 0 Å². The van der Waals surface area contributed by atoms with Crippen LogP contribution in [-0.2, 0) is 6.42 Å². The summed E-state index contributed by atoms with van der Waals surface area (Å²) in [5.41, 5.74) is 4.53. The molecule has 1 heterocycles. The van der Waals surface area contributed by atoms with Crippen molar-refractivity contribution < 1.29 is 8.81 Å². The van der Waals surface area contributed by atoms with Gasteiger partial charge in [0.05, 0.1) is 12.3 Å². The highest BCUT2D eigenvalue weighted by molar-refractivity contribution is 9.10. The fraction of sp³-hybridized carbons (Fsp3) is 0.231. The lowest BCUT2D eigenvalue weighted by Gasteiger charge is -2.15. The smallest absolute Gasteiger partial charge is 0.123 e. The Morgan fingerprint density at radius 1 is 1.44 bits per heavy atom. The van der Waals surface area contributed by atoms with Crippen LogP contribution in [0.4, 0.5) is 4.39 Å². The number of nitrogens with one attached hydrogen (secondary N) is 1. The molecule has 3 nitrogen and oxygen atoms in total.